The number of amides is 1. The number of anilines is 1. The summed E-state index contributed by atoms with van der Waals surface area (Å²) in [5.74, 6) is -0.454. The molecule has 3 rings (SSSR count). The van der Waals surface area contributed by atoms with E-state index >= 15 is 0 Å². The molecule has 1 aliphatic rings. The zero-order chi connectivity index (χ0) is 20.5. The van der Waals surface area contributed by atoms with Gasteiger partial charge in [0, 0.05) is 18.2 Å². The highest BCUT2D eigenvalue weighted by Gasteiger charge is 2.33. The summed E-state index contributed by atoms with van der Waals surface area (Å²) in [6, 6.07) is 4.24. The van der Waals surface area contributed by atoms with Gasteiger partial charge in [0.25, 0.3) is 0 Å². The van der Waals surface area contributed by atoms with E-state index in [4.69, 9.17) is 0 Å². The van der Waals surface area contributed by atoms with Gasteiger partial charge in [0.15, 0.2) is 9.84 Å². The van der Waals surface area contributed by atoms with E-state index in [2.05, 4.69) is 20.0 Å². The zero-order valence-corrected chi connectivity index (χ0v) is 16.7. The summed E-state index contributed by atoms with van der Waals surface area (Å²) < 4.78 is 28.2. The molecule has 1 amide bonds. The van der Waals surface area contributed by atoms with Crippen LogP contribution in [0, 0.1) is 6.92 Å². The van der Waals surface area contributed by atoms with Gasteiger partial charge in [-0.3, -0.25) is 9.59 Å². The first kappa shape index (κ1) is 20.0. The van der Waals surface area contributed by atoms with Crippen molar-refractivity contribution in [3.8, 4) is 0 Å². The van der Waals surface area contributed by atoms with E-state index in [0.29, 0.717) is 30.1 Å². The Morgan fingerprint density at radius 2 is 2.07 bits per heavy atom. The quantitative estimate of drug-likeness (QED) is 0.717. The Morgan fingerprint density at radius 3 is 2.75 bits per heavy atom. The number of nitrogens with one attached hydrogen (secondary N) is 1. The molecule has 9 nitrogen and oxygen atoms in total. The normalized spacial score (nSPS) is 17.0. The minimum atomic E-state index is -3.36. The van der Waals surface area contributed by atoms with Crippen LogP contribution in [0.2, 0.25) is 0 Å². The van der Waals surface area contributed by atoms with Crippen LogP contribution in [-0.2, 0) is 24.2 Å². The monoisotopic (exact) mass is 406 g/mol. The third kappa shape index (κ3) is 4.06. The lowest BCUT2D eigenvalue weighted by atomic mass is 10.2. The highest BCUT2D eigenvalue weighted by Crippen LogP contribution is 2.27. The highest BCUT2D eigenvalue weighted by atomic mass is 32.2. The minimum Gasteiger partial charge on any atom is -0.468 e. The lowest BCUT2D eigenvalue weighted by Crippen LogP contribution is -2.45. The molecule has 0 spiro atoms. The number of aromatic nitrogens is 2. The molecular formula is C18H22N4O5S. The van der Waals surface area contributed by atoms with Gasteiger partial charge >= 0.3 is 5.97 Å². The molecule has 0 aliphatic carbocycles. The molecule has 28 heavy (non-hydrogen) atoms. The van der Waals surface area contributed by atoms with Crippen LogP contribution in [0.4, 0.5) is 5.95 Å². The molecule has 10 heteroatoms. The number of sulfone groups is 1. The summed E-state index contributed by atoms with van der Waals surface area (Å²) in [6.45, 7) is 2.21. The Labute approximate surface area is 163 Å². The summed E-state index contributed by atoms with van der Waals surface area (Å²) in [6.07, 6.45) is 2.53. The number of ether oxygens (including phenoxy) is 1. The Kier molecular flexibility index (Phi) is 5.50. The molecule has 1 aromatic carbocycles. The standard InChI is InChI=1S/C18H22N4O5S/c1-11-13-7-6-12(28(3,25)26)9-14(13)21-18(20-11)22-8-4-5-15(22)17(24)19-10-16(23)27-2/h6-7,9,15H,4-5,8,10H2,1-3H3,(H,19,24)/t15-/m1/s1. The second-order valence-electron chi connectivity index (χ2n) is 6.71. The van der Waals surface area contributed by atoms with Crippen LogP contribution in [0.25, 0.3) is 10.9 Å². The molecule has 0 unspecified atom stereocenters. The Balaban J connectivity index is 1.93. The molecule has 1 atom stereocenters. The van der Waals surface area contributed by atoms with Crippen LogP contribution >= 0.6 is 0 Å². The van der Waals surface area contributed by atoms with Gasteiger partial charge in [0.1, 0.15) is 12.6 Å². The smallest absolute Gasteiger partial charge is 0.325 e. The first-order valence-corrected chi connectivity index (χ1v) is 10.7. The molecule has 1 aliphatic heterocycles. The molecule has 0 saturated carbocycles. The number of aryl methyl sites for hydroxylation is 1. The van der Waals surface area contributed by atoms with E-state index in [1.807, 2.05) is 6.92 Å². The second kappa shape index (κ2) is 7.70. The van der Waals surface area contributed by atoms with E-state index in [0.717, 1.165) is 18.1 Å². The van der Waals surface area contributed by atoms with Crippen LogP contribution in [-0.4, -0.2) is 62.8 Å². The molecule has 2 aromatic rings. The van der Waals surface area contributed by atoms with Crippen LogP contribution in [0.15, 0.2) is 23.1 Å². The van der Waals surface area contributed by atoms with Gasteiger partial charge in [-0.15, -0.1) is 0 Å². The molecule has 0 radical (unpaired) electrons. The van der Waals surface area contributed by atoms with Gasteiger partial charge in [0.05, 0.1) is 23.2 Å². The predicted molar refractivity (Wildman–Crippen MR) is 103 cm³/mol. The summed E-state index contributed by atoms with van der Waals surface area (Å²) in [5.41, 5.74) is 1.20. The number of rotatable bonds is 5. The fourth-order valence-corrected chi connectivity index (χ4v) is 3.88. The van der Waals surface area contributed by atoms with Crippen LogP contribution in [0.5, 0.6) is 0 Å². The average Bonchev–Trinajstić information content (AvgIpc) is 3.14. The molecule has 1 saturated heterocycles. The van der Waals surface area contributed by atoms with Gasteiger partial charge in [-0.05, 0) is 38.0 Å². The van der Waals surface area contributed by atoms with Gasteiger partial charge < -0.3 is 15.0 Å². The van der Waals surface area contributed by atoms with Gasteiger partial charge in [-0.25, -0.2) is 18.4 Å². The second-order valence-corrected chi connectivity index (χ2v) is 8.72. The van der Waals surface area contributed by atoms with E-state index in [9.17, 15) is 18.0 Å². The lowest BCUT2D eigenvalue weighted by Gasteiger charge is -2.24. The molecule has 1 aromatic heterocycles. The topological polar surface area (TPSA) is 119 Å². The molecule has 0 bridgehead atoms. The van der Waals surface area contributed by atoms with E-state index in [1.54, 1.807) is 11.0 Å². The first-order chi connectivity index (χ1) is 13.2. The maximum Gasteiger partial charge on any atom is 0.325 e. The van der Waals surface area contributed by atoms with Crippen molar-refractivity contribution in [1.82, 2.24) is 15.3 Å². The van der Waals surface area contributed by atoms with Crippen molar-refractivity contribution in [2.45, 2.75) is 30.7 Å². The third-order valence-corrected chi connectivity index (χ3v) is 5.83. The molecule has 150 valence electrons. The number of hydrogen-bond acceptors (Lipinski definition) is 8. The number of carbonyl (C=O) groups excluding carboxylic acids is 2. The van der Waals surface area contributed by atoms with Crippen molar-refractivity contribution in [2.75, 3.05) is 31.4 Å². The minimum absolute atomic E-state index is 0.179. The SMILES string of the molecule is COC(=O)CNC(=O)[C@H]1CCCN1c1nc(C)c2ccc(S(C)(=O)=O)cc2n1. The largest absolute Gasteiger partial charge is 0.468 e. The molecule has 1 N–H and O–H groups in total. The molecule has 1 fully saturated rings. The van der Waals surface area contributed by atoms with Crippen molar-refractivity contribution in [3.63, 3.8) is 0 Å². The number of benzene rings is 1. The first-order valence-electron chi connectivity index (χ1n) is 8.80. The van der Waals surface area contributed by atoms with Crippen molar-refractivity contribution >= 4 is 38.6 Å². The zero-order valence-electron chi connectivity index (χ0n) is 15.9. The average molecular weight is 406 g/mol. The number of nitrogens with zero attached hydrogens (tertiary/aromatic N) is 3. The summed E-state index contributed by atoms with van der Waals surface area (Å²) in [4.78, 5) is 34.7. The Hall–Kier alpha value is -2.75. The molecule has 2 heterocycles. The number of methoxy groups -OCH3 is 1. The van der Waals surface area contributed by atoms with E-state index < -0.39 is 21.8 Å². The number of esters is 1. The summed E-state index contributed by atoms with van der Waals surface area (Å²) >= 11 is 0. The fraction of sp³-hybridized carbons (Fsp3) is 0.444. The van der Waals surface area contributed by atoms with E-state index in [1.165, 1.54) is 19.2 Å². The van der Waals surface area contributed by atoms with Crippen molar-refractivity contribution in [3.05, 3.63) is 23.9 Å². The maximum atomic E-state index is 12.5. The maximum absolute atomic E-state index is 12.5. The van der Waals surface area contributed by atoms with Gasteiger partial charge in [0.2, 0.25) is 11.9 Å². The summed E-state index contributed by atoms with van der Waals surface area (Å²) in [5, 5.41) is 3.32. The highest BCUT2D eigenvalue weighted by molar-refractivity contribution is 7.90. The molecular weight excluding hydrogens is 384 g/mol. The third-order valence-electron chi connectivity index (χ3n) is 4.72. The number of hydrogen-bond donors (Lipinski definition) is 1. The number of fused-ring (bicyclic) bond motifs is 1. The lowest BCUT2D eigenvalue weighted by molar-refractivity contribution is -0.141. The Morgan fingerprint density at radius 1 is 1.32 bits per heavy atom. The van der Waals surface area contributed by atoms with Gasteiger partial charge in [-0.1, -0.05) is 0 Å². The number of carbonyl (C=O) groups is 2. The fourth-order valence-electron chi connectivity index (χ4n) is 3.24. The van der Waals surface area contributed by atoms with Crippen molar-refractivity contribution in [1.29, 1.82) is 0 Å². The van der Waals surface area contributed by atoms with E-state index in [-0.39, 0.29) is 17.3 Å². The van der Waals surface area contributed by atoms with Gasteiger partial charge in [-0.2, -0.15) is 0 Å². The van der Waals surface area contributed by atoms with Crippen LogP contribution < -0.4 is 10.2 Å². The van der Waals surface area contributed by atoms with Crippen LogP contribution in [0.1, 0.15) is 18.5 Å². The predicted octanol–water partition coefficient (Wildman–Crippen LogP) is 0.600. The van der Waals surface area contributed by atoms with Crippen LogP contribution in [0.3, 0.4) is 0 Å². The van der Waals surface area contributed by atoms with Crippen molar-refractivity contribution in [2.24, 2.45) is 0 Å². The summed E-state index contributed by atoms with van der Waals surface area (Å²) in [7, 11) is -2.11. The Bertz CT molecular complexity index is 1040. The van der Waals surface area contributed by atoms with Crippen molar-refractivity contribution < 1.29 is 22.7 Å².